The van der Waals surface area contributed by atoms with Gasteiger partial charge in [-0.1, -0.05) is 16.3 Å². The molecule has 0 aromatic carbocycles. The molecular weight excluding hydrogens is 304 g/mol. The number of nitrogens with one attached hydrogen (secondary N) is 1. The van der Waals surface area contributed by atoms with Gasteiger partial charge >= 0.3 is 19.5 Å². The van der Waals surface area contributed by atoms with Gasteiger partial charge in [-0.25, -0.2) is 0 Å². The summed E-state index contributed by atoms with van der Waals surface area (Å²) in [5, 5.41) is 0. The van der Waals surface area contributed by atoms with Gasteiger partial charge in [0.05, 0.1) is 0 Å². The second-order valence-corrected chi connectivity index (χ2v) is 2.33. The summed E-state index contributed by atoms with van der Waals surface area (Å²) in [4.78, 5) is 6.65. The number of aromatic nitrogens is 2. The van der Waals surface area contributed by atoms with Gasteiger partial charge in [-0.15, -0.1) is 22.6 Å². The minimum absolute atomic E-state index is 0. The van der Waals surface area contributed by atoms with Crippen LogP contribution in [0.5, 0.6) is 0 Å². The summed E-state index contributed by atoms with van der Waals surface area (Å²) in [5.74, 6) is 0. The number of halogens is 1. The van der Waals surface area contributed by atoms with Crippen molar-refractivity contribution >= 4 is 22.6 Å². The van der Waals surface area contributed by atoms with E-state index in [1.807, 2.05) is 6.92 Å². The van der Waals surface area contributed by atoms with Crippen molar-refractivity contribution in [1.82, 2.24) is 9.97 Å². The second kappa shape index (κ2) is 3.56. The van der Waals surface area contributed by atoms with Crippen molar-refractivity contribution in [3.63, 3.8) is 0 Å². The first-order valence-electron chi connectivity index (χ1n) is 1.89. The number of aryl methyl sites for hydroxylation is 1. The van der Waals surface area contributed by atoms with Gasteiger partial charge in [0, 0.05) is 0 Å². The molecule has 1 radical (unpaired) electrons. The van der Waals surface area contributed by atoms with Gasteiger partial charge in [0.1, 0.15) is 0 Å². The SMILES string of the molecule is Cc1n[c-][nH]c1I.[Ru+]. The zero-order valence-corrected chi connectivity index (χ0v) is 8.07. The summed E-state index contributed by atoms with van der Waals surface area (Å²) in [6.45, 7) is 1.94. The van der Waals surface area contributed by atoms with Crippen molar-refractivity contribution in [3.05, 3.63) is 15.7 Å². The molecule has 0 saturated heterocycles. The molecule has 1 heterocycles. The standard InChI is InChI=1S/C4H4IN2.Ru/c1-3-4(5)7-2-6-3;/h1H3,(H,6,7);/q-1;+1. The predicted molar refractivity (Wildman–Crippen MR) is 34.9 cm³/mol. The Kier molecular flexibility index (Phi) is 3.81. The molecule has 0 fully saturated rings. The monoisotopic (exact) mass is 309 g/mol. The summed E-state index contributed by atoms with van der Waals surface area (Å²) < 4.78 is 1.07. The number of rotatable bonds is 0. The Balaban J connectivity index is 0.000000490. The van der Waals surface area contributed by atoms with Crippen molar-refractivity contribution < 1.29 is 19.5 Å². The molecule has 4 heteroatoms. The Labute approximate surface area is 74.4 Å². The summed E-state index contributed by atoms with van der Waals surface area (Å²) >= 11 is 2.17. The zero-order chi connectivity index (χ0) is 5.28. The van der Waals surface area contributed by atoms with Crippen LogP contribution in [0.2, 0.25) is 0 Å². The van der Waals surface area contributed by atoms with Crippen LogP contribution in [0.15, 0.2) is 0 Å². The molecule has 45 valence electrons. The van der Waals surface area contributed by atoms with E-state index in [1.54, 1.807) is 0 Å². The smallest absolute Gasteiger partial charge is 0.456 e. The van der Waals surface area contributed by atoms with E-state index in [1.165, 1.54) is 0 Å². The number of imidazole rings is 1. The average Bonchev–Trinajstić information content (AvgIpc) is 1.91. The minimum Gasteiger partial charge on any atom is -0.456 e. The topological polar surface area (TPSA) is 28.7 Å². The van der Waals surface area contributed by atoms with Gasteiger partial charge in [-0.2, -0.15) is 0 Å². The van der Waals surface area contributed by atoms with Crippen LogP contribution in [0.1, 0.15) is 5.69 Å². The summed E-state index contributed by atoms with van der Waals surface area (Å²) in [6.07, 6.45) is 2.62. The van der Waals surface area contributed by atoms with E-state index in [9.17, 15) is 0 Å². The van der Waals surface area contributed by atoms with Crippen LogP contribution in [-0.2, 0) is 19.5 Å². The van der Waals surface area contributed by atoms with E-state index in [4.69, 9.17) is 0 Å². The third-order valence-electron chi connectivity index (χ3n) is 0.707. The fourth-order valence-corrected chi connectivity index (χ4v) is 0.542. The van der Waals surface area contributed by atoms with Crippen molar-refractivity contribution in [3.8, 4) is 0 Å². The molecule has 2 nitrogen and oxygen atoms in total. The van der Waals surface area contributed by atoms with E-state index in [0.717, 1.165) is 9.39 Å². The molecule has 0 aliphatic rings. The molecule has 1 aromatic rings. The number of aromatic amines is 1. The van der Waals surface area contributed by atoms with E-state index in [-0.39, 0.29) is 19.5 Å². The Morgan fingerprint density at radius 1 is 1.75 bits per heavy atom. The predicted octanol–water partition coefficient (Wildman–Crippen LogP) is 1.12. The number of H-pyrrole nitrogens is 1. The van der Waals surface area contributed by atoms with Crippen LogP contribution in [0.25, 0.3) is 0 Å². The third-order valence-corrected chi connectivity index (χ3v) is 1.76. The van der Waals surface area contributed by atoms with E-state index in [2.05, 4.69) is 38.9 Å². The Morgan fingerprint density at radius 3 is 2.50 bits per heavy atom. The molecule has 0 bridgehead atoms. The molecule has 0 aliphatic heterocycles. The molecule has 1 aromatic heterocycles. The van der Waals surface area contributed by atoms with Crippen LogP contribution in [0.4, 0.5) is 0 Å². The summed E-state index contributed by atoms with van der Waals surface area (Å²) in [6, 6.07) is 0. The van der Waals surface area contributed by atoms with Crippen molar-refractivity contribution in [2.75, 3.05) is 0 Å². The maximum Gasteiger partial charge on any atom is 1.00 e. The Bertz CT molecular complexity index is 146. The summed E-state index contributed by atoms with van der Waals surface area (Å²) in [7, 11) is 0. The van der Waals surface area contributed by atoms with Gasteiger partial charge in [0.15, 0.2) is 0 Å². The van der Waals surface area contributed by atoms with E-state index >= 15 is 0 Å². The fraction of sp³-hybridized carbons (Fsp3) is 0.250. The van der Waals surface area contributed by atoms with Gasteiger partial charge in [0.2, 0.25) is 0 Å². The minimum atomic E-state index is 0. The maximum atomic E-state index is 3.83. The molecular formula is C4H4IN2Ru. The van der Waals surface area contributed by atoms with Crippen molar-refractivity contribution in [1.29, 1.82) is 0 Å². The average molecular weight is 308 g/mol. The number of hydrogen-bond donors (Lipinski definition) is 1. The van der Waals surface area contributed by atoms with Gasteiger partial charge < -0.3 is 9.97 Å². The largest absolute Gasteiger partial charge is 1.00 e. The number of hydrogen-bond acceptors (Lipinski definition) is 1. The van der Waals surface area contributed by atoms with Crippen LogP contribution in [0.3, 0.4) is 0 Å². The van der Waals surface area contributed by atoms with Gasteiger partial charge in [0.25, 0.3) is 0 Å². The molecule has 1 N–H and O–H groups in total. The first kappa shape index (κ1) is 8.56. The molecule has 0 atom stereocenters. The molecule has 8 heavy (non-hydrogen) atoms. The van der Waals surface area contributed by atoms with Crippen molar-refractivity contribution in [2.24, 2.45) is 0 Å². The first-order chi connectivity index (χ1) is 3.30. The quantitative estimate of drug-likeness (QED) is 0.434. The number of nitrogens with zero attached hydrogens (tertiary/aromatic N) is 1. The molecule has 1 rings (SSSR count). The zero-order valence-electron chi connectivity index (χ0n) is 4.18. The third kappa shape index (κ3) is 1.82. The van der Waals surface area contributed by atoms with Crippen LogP contribution < -0.4 is 0 Å². The second-order valence-electron chi connectivity index (χ2n) is 1.25. The maximum absolute atomic E-state index is 3.83. The Morgan fingerprint density at radius 2 is 2.38 bits per heavy atom. The van der Waals surface area contributed by atoms with Crippen LogP contribution in [-0.4, -0.2) is 9.97 Å². The van der Waals surface area contributed by atoms with Gasteiger partial charge in [-0.3, -0.25) is 0 Å². The molecule has 0 spiro atoms. The van der Waals surface area contributed by atoms with Crippen LogP contribution >= 0.6 is 22.6 Å². The Hall–Kier alpha value is 0.563. The fourth-order valence-electron chi connectivity index (χ4n) is 0.300. The van der Waals surface area contributed by atoms with E-state index < -0.39 is 0 Å². The normalized spacial score (nSPS) is 8.25. The molecule has 0 unspecified atom stereocenters. The van der Waals surface area contributed by atoms with E-state index in [0.29, 0.717) is 0 Å². The molecule has 0 aliphatic carbocycles. The van der Waals surface area contributed by atoms with Crippen LogP contribution in [0, 0.1) is 17.0 Å². The molecule has 0 saturated carbocycles. The molecule has 0 amide bonds. The summed E-state index contributed by atoms with van der Waals surface area (Å²) in [5.41, 5.74) is 1.01. The first-order valence-corrected chi connectivity index (χ1v) is 2.96. The van der Waals surface area contributed by atoms with Gasteiger partial charge in [-0.05, 0) is 6.33 Å². The van der Waals surface area contributed by atoms with Crippen molar-refractivity contribution in [2.45, 2.75) is 6.92 Å².